The van der Waals surface area contributed by atoms with E-state index >= 15 is 0 Å². The van der Waals surface area contributed by atoms with Gasteiger partial charge >= 0.3 is 0 Å². The first-order valence-electron chi connectivity index (χ1n) is 6.77. The maximum atomic E-state index is 5.79. The van der Waals surface area contributed by atoms with Gasteiger partial charge in [0.1, 0.15) is 10.7 Å². The Labute approximate surface area is 131 Å². The van der Waals surface area contributed by atoms with Gasteiger partial charge in [-0.05, 0) is 38.8 Å². The van der Waals surface area contributed by atoms with E-state index in [1.54, 1.807) is 0 Å². The summed E-state index contributed by atoms with van der Waals surface area (Å²) in [5.74, 6) is 1.93. The number of rotatable bonds is 9. The molecule has 0 aliphatic heterocycles. The number of nitrogens with zero attached hydrogens (tertiary/aromatic N) is 1. The first-order valence-corrected chi connectivity index (χ1v) is 8.57. The smallest absolute Gasteiger partial charge is 0.129 e. The Morgan fingerprint density at radius 3 is 2.80 bits per heavy atom. The highest BCUT2D eigenvalue weighted by Gasteiger charge is 2.08. The SMILES string of the molecule is CSCC(C)N(C)CCCOc1ccccc1C(N)=S. The van der Waals surface area contributed by atoms with Crippen molar-refractivity contribution >= 4 is 29.0 Å². The molecule has 0 radical (unpaired) electrons. The molecule has 0 fully saturated rings. The highest BCUT2D eigenvalue weighted by Crippen LogP contribution is 2.17. The molecule has 0 saturated heterocycles. The molecule has 0 bridgehead atoms. The minimum absolute atomic E-state index is 0.381. The predicted molar refractivity (Wildman–Crippen MR) is 92.9 cm³/mol. The molecule has 5 heteroatoms. The summed E-state index contributed by atoms with van der Waals surface area (Å²) in [6.45, 7) is 3.95. The third kappa shape index (κ3) is 5.69. The number of ether oxygens (including phenoxy) is 1. The van der Waals surface area contributed by atoms with Gasteiger partial charge in [-0.2, -0.15) is 11.8 Å². The first kappa shape index (κ1) is 17.3. The molecule has 0 heterocycles. The van der Waals surface area contributed by atoms with Crippen LogP contribution in [0.5, 0.6) is 5.75 Å². The van der Waals surface area contributed by atoms with Gasteiger partial charge in [-0.3, -0.25) is 0 Å². The highest BCUT2D eigenvalue weighted by molar-refractivity contribution is 7.98. The Hall–Kier alpha value is -0.780. The van der Waals surface area contributed by atoms with E-state index in [0.29, 0.717) is 17.6 Å². The van der Waals surface area contributed by atoms with Crippen molar-refractivity contribution in [2.75, 3.05) is 32.2 Å². The van der Waals surface area contributed by atoms with Crippen molar-refractivity contribution in [2.45, 2.75) is 19.4 Å². The van der Waals surface area contributed by atoms with E-state index in [1.807, 2.05) is 36.0 Å². The van der Waals surface area contributed by atoms with Crippen LogP contribution in [0.25, 0.3) is 0 Å². The van der Waals surface area contributed by atoms with E-state index in [-0.39, 0.29) is 0 Å². The number of hydrogen-bond acceptors (Lipinski definition) is 4. The largest absolute Gasteiger partial charge is 0.493 e. The zero-order chi connectivity index (χ0) is 15.0. The lowest BCUT2D eigenvalue weighted by atomic mass is 10.2. The van der Waals surface area contributed by atoms with Crippen LogP contribution in [0.1, 0.15) is 18.9 Å². The lowest BCUT2D eigenvalue weighted by Gasteiger charge is -2.23. The summed E-state index contributed by atoms with van der Waals surface area (Å²) in [6.07, 6.45) is 3.13. The van der Waals surface area contributed by atoms with Crippen molar-refractivity contribution in [3.8, 4) is 5.75 Å². The normalized spacial score (nSPS) is 12.4. The van der Waals surface area contributed by atoms with Gasteiger partial charge in [0, 0.05) is 18.3 Å². The Morgan fingerprint density at radius 1 is 1.45 bits per heavy atom. The molecule has 2 N–H and O–H groups in total. The number of thioether (sulfide) groups is 1. The monoisotopic (exact) mass is 312 g/mol. The second-order valence-corrected chi connectivity index (χ2v) is 6.20. The van der Waals surface area contributed by atoms with Crippen LogP contribution in [0.4, 0.5) is 0 Å². The van der Waals surface area contributed by atoms with Crippen LogP contribution >= 0.6 is 24.0 Å². The van der Waals surface area contributed by atoms with E-state index in [1.165, 1.54) is 0 Å². The number of thiocarbonyl (C=S) groups is 1. The molecule has 0 spiro atoms. The van der Waals surface area contributed by atoms with Crippen LogP contribution < -0.4 is 10.5 Å². The van der Waals surface area contributed by atoms with E-state index in [2.05, 4.69) is 25.1 Å². The third-order valence-electron chi connectivity index (χ3n) is 3.23. The van der Waals surface area contributed by atoms with Gasteiger partial charge in [0.05, 0.1) is 12.2 Å². The van der Waals surface area contributed by atoms with Crippen molar-refractivity contribution in [2.24, 2.45) is 5.73 Å². The summed E-state index contributed by atoms with van der Waals surface area (Å²) in [4.78, 5) is 2.74. The Kier molecular flexibility index (Phi) is 7.95. The molecule has 1 rings (SSSR count). The fourth-order valence-electron chi connectivity index (χ4n) is 1.88. The van der Waals surface area contributed by atoms with Gasteiger partial charge in [-0.1, -0.05) is 24.4 Å². The minimum Gasteiger partial charge on any atom is -0.493 e. The maximum Gasteiger partial charge on any atom is 0.129 e. The molecule has 3 nitrogen and oxygen atoms in total. The Balaban J connectivity index is 2.36. The summed E-state index contributed by atoms with van der Waals surface area (Å²) >= 11 is 6.90. The molecule has 1 aromatic rings. The predicted octanol–water partition coefficient (Wildman–Crippen LogP) is 2.77. The van der Waals surface area contributed by atoms with Crippen LogP contribution in [0, 0.1) is 0 Å². The van der Waals surface area contributed by atoms with Crippen molar-refractivity contribution in [1.82, 2.24) is 4.90 Å². The molecular formula is C15H24N2OS2. The van der Waals surface area contributed by atoms with Crippen LogP contribution in [0.3, 0.4) is 0 Å². The number of nitrogens with two attached hydrogens (primary N) is 1. The molecular weight excluding hydrogens is 288 g/mol. The lowest BCUT2D eigenvalue weighted by Crippen LogP contribution is -2.32. The highest BCUT2D eigenvalue weighted by atomic mass is 32.2. The molecule has 20 heavy (non-hydrogen) atoms. The summed E-state index contributed by atoms with van der Waals surface area (Å²) in [7, 11) is 2.16. The molecule has 1 unspecified atom stereocenters. The molecule has 1 atom stereocenters. The van der Waals surface area contributed by atoms with E-state index < -0.39 is 0 Å². The molecule has 0 aliphatic rings. The van der Waals surface area contributed by atoms with Gasteiger partial charge in [0.25, 0.3) is 0 Å². The fraction of sp³-hybridized carbons (Fsp3) is 0.533. The second-order valence-electron chi connectivity index (χ2n) is 4.85. The van der Waals surface area contributed by atoms with E-state index in [4.69, 9.17) is 22.7 Å². The van der Waals surface area contributed by atoms with Crippen LogP contribution in [-0.4, -0.2) is 48.1 Å². The van der Waals surface area contributed by atoms with Crippen molar-refractivity contribution in [3.05, 3.63) is 29.8 Å². The summed E-state index contributed by atoms with van der Waals surface area (Å²) in [5.41, 5.74) is 6.49. The van der Waals surface area contributed by atoms with E-state index in [0.717, 1.165) is 30.0 Å². The minimum atomic E-state index is 0.381. The standard InChI is InChI=1S/C15H24N2OS2/c1-12(11-20-3)17(2)9-6-10-18-14-8-5-4-7-13(14)15(16)19/h4-5,7-8,12H,6,9-11H2,1-3H3,(H2,16,19). The van der Waals surface area contributed by atoms with Gasteiger partial charge in [-0.15, -0.1) is 0 Å². The van der Waals surface area contributed by atoms with Crippen molar-refractivity contribution in [3.63, 3.8) is 0 Å². The number of para-hydroxylation sites is 1. The first-order chi connectivity index (χ1) is 9.56. The van der Waals surface area contributed by atoms with Crippen LogP contribution in [0.2, 0.25) is 0 Å². The molecule has 0 aliphatic carbocycles. The molecule has 0 amide bonds. The molecule has 0 aromatic heterocycles. The van der Waals surface area contributed by atoms with Gasteiger partial charge < -0.3 is 15.4 Å². The number of hydrogen-bond donors (Lipinski definition) is 1. The summed E-state index contributed by atoms with van der Waals surface area (Å²) < 4.78 is 5.79. The van der Waals surface area contributed by atoms with Gasteiger partial charge in [0.2, 0.25) is 0 Å². The average Bonchev–Trinajstić information content (AvgIpc) is 2.43. The number of benzene rings is 1. The topological polar surface area (TPSA) is 38.5 Å². The lowest BCUT2D eigenvalue weighted by molar-refractivity contribution is 0.236. The van der Waals surface area contributed by atoms with Crippen molar-refractivity contribution in [1.29, 1.82) is 0 Å². The maximum absolute atomic E-state index is 5.79. The van der Waals surface area contributed by atoms with Gasteiger partial charge in [0.15, 0.2) is 0 Å². The Bertz CT molecular complexity index is 426. The summed E-state index contributed by atoms with van der Waals surface area (Å²) in [6, 6.07) is 8.25. The molecule has 0 saturated carbocycles. The Morgan fingerprint density at radius 2 is 2.15 bits per heavy atom. The zero-order valence-corrected chi connectivity index (χ0v) is 14.1. The third-order valence-corrected chi connectivity index (χ3v) is 4.26. The second kappa shape index (κ2) is 9.21. The van der Waals surface area contributed by atoms with E-state index in [9.17, 15) is 0 Å². The quantitative estimate of drug-likeness (QED) is 0.561. The van der Waals surface area contributed by atoms with Gasteiger partial charge in [-0.25, -0.2) is 0 Å². The average molecular weight is 313 g/mol. The van der Waals surface area contributed by atoms with Crippen LogP contribution in [0.15, 0.2) is 24.3 Å². The fourth-order valence-corrected chi connectivity index (χ4v) is 2.79. The summed E-state index contributed by atoms with van der Waals surface area (Å²) in [5, 5.41) is 0. The van der Waals surface area contributed by atoms with Crippen molar-refractivity contribution < 1.29 is 4.74 Å². The molecule has 112 valence electrons. The molecule has 1 aromatic carbocycles. The zero-order valence-electron chi connectivity index (χ0n) is 12.5. The van der Waals surface area contributed by atoms with Crippen LogP contribution in [-0.2, 0) is 0 Å².